The number of hydrogen-bond donors (Lipinski definition) is 1. The summed E-state index contributed by atoms with van der Waals surface area (Å²) in [4.78, 5) is 29.7. The number of pyridine rings is 1. The summed E-state index contributed by atoms with van der Waals surface area (Å²) in [5.41, 5.74) is 2.63. The van der Waals surface area contributed by atoms with Crippen molar-refractivity contribution in [3.63, 3.8) is 0 Å². The van der Waals surface area contributed by atoms with Crippen molar-refractivity contribution >= 4 is 23.2 Å². The van der Waals surface area contributed by atoms with Gasteiger partial charge in [-0.2, -0.15) is 5.10 Å². The molecule has 1 aromatic heterocycles. The van der Waals surface area contributed by atoms with E-state index in [1.54, 1.807) is 18.3 Å². The molecule has 1 aliphatic rings. The van der Waals surface area contributed by atoms with E-state index in [1.807, 2.05) is 66.7 Å². The highest BCUT2D eigenvalue weighted by atomic mass is 16.2. The Morgan fingerprint density at radius 2 is 1.59 bits per heavy atom. The Balaban J connectivity index is 1.61. The zero-order valence-electron chi connectivity index (χ0n) is 15.7. The van der Waals surface area contributed by atoms with Crippen molar-refractivity contribution in [2.45, 2.75) is 18.9 Å². The number of para-hydroxylation sites is 1. The lowest BCUT2D eigenvalue weighted by molar-refractivity contribution is -0.119. The van der Waals surface area contributed by atoms with Crippen LogP contribution in [0.5, 0.6) is 0 Å². The zero-order chi connectivity index (χ0) is 20.1. The Bertz CT molecular complexity index is 981. The average molecular weight is 384 g/mol. The van der Waals surface area contributed by atoms with E-state index < -0.39 is 6.04 Å². The third kappa shape index (κ3) is 4.21. The molecule has 1 aliphatic heterocycles. The molecule has 0 radical (unpaired) electrons. The van der Waals surface area contributed by atoms with E-state index in [0.29, 0.717) is 17.8 Å². The van der Waals surface area contributed by atoms with E-state index in [2.05, 4.69) is 15.4 Å². The van der Waals surface area contributed by atoms with Crippen molar-refractivity contribution in [1.82, 2.24) is 10.3 Å². The molecular formula is C23H20N4O2. The van der Waals surface area contributed by atoms with Crippen LogP contribution < -0.4 is 10.3 Å². The maximum Gasteiger partial charge on any atom is 0.268 e. The third-order valence-electron chi connectivity index (χ3n) is 4.69. The molecule has 0 saturated heterocycles. The molecule has 0 saturated carbocycles. The molecule has 1 N–H and O–H groups in total. The second-order valence-corrected chi connectivity index (χ2v) is 6.66. The fourth-order valence-corrected chi connectivity index (χ4v) is 3.22. The van der Waals surface area contributed by atoms with Gasteiger partial charge in [0.2, 0.25) is 5.91 Å². The summed E-state index contributed by atoms with van der Waals surface area (Å²) in [5, 5.41) is 8.68. The molecule has 4 rings (SSSR count). The molecule has 0 spiro atoms. The van der Waals surface area contributed by atoms with Crippen LogP contribution in [0.1, 0.15) is 30.1 Å². The molecule has 0 aliphatic carbocycles. The second kappa shape index (κ2) is 8.48. The number of aromatic nitrogens is 1. The number of carbonyl (C=O) groups excluding carboxylic acids is 2. The predicted octanol–water partition coefficient (Wildman–Crippen LogP) is 3.47. The number of hydrogen-bond acceptors (Lipinski definition) is 4. The molecular weight excluding hydrogens is 364 g/mol. The van der Waals surface area contributed by atoms with Gasteiger partial charge in [-0.1, -0.05) is 54.6 Å². The normalized spacial score (nSPS) is 14.8. The highest BCUT2D eigenvalue weighted by molar-refractivity contribution is 6.40. The molecule has 144 valence electrons. The minimum absolute atomic E-state index is 0.128. The van der Waals surface area contributed by atoms with E-state index in [0.717, 1.165) is 11.3 Å². The topological polar surface area (TPSA) is 74.7 Å². The average Bonchev–Trinajstić information content (AvgIpc) is 2.79. The predicted molar refractivity (Wildman–Crippen MR) is 111 cm³/mol. The van der Waals surface area contributed by atoms with Gasteiger partial charge < -0.3 is 5.32 Å². The van der Waals surface area contributed by atoms with Gasteiger partial charge in [0.1, 0.15) is 5.71 Å². The van der Waals surface area contributed by atoms with Gasteiger partial charge in [0.05, 0.1) is 17.4 Å². The van der Waals surface area contributed by atoms with Gasteiger partial charge in [-0.25, -0.2) is 5.01 Å². The molecule has 2 heterocycles. The molecule has 29 heavy (non-hydrogen) atoms. The van der Waals surface area contributed by atoms with Crippen LogP contribution in [0.2, 0.25) is 0 Å². The van der Waals surface area contributed by atoms with Crippen LogP contribution >= 0.6 is 0 Å². The van der Waals surface area contributed by atoms with Crippen LogP contribution in [0.25, 0.3) is 0 Å². The maximum atomic E-state index is 13.0. The van der Waals surface area contributed by atoms with Gasteiger partial charge >= 0.3 is 0 Å². The molecule has 0 fully saturated rings. The van der Waals surface area contributed by atoms with E-state index >= 15 is 0 Å². The first-order valence-corrected chi connectivity index (χ1v) is 9.44. The van der Waals surface area contributed by atoms with Gasteiger partial charge in [0.15, 0.2) is 0 Å². The number of amides is 2. The van der Waals surface area contributed by atoms with Gasteiger partial charge in [0, 0.05) is 19.0 Å². The molecule has 1 atom stereocenters. The summed E-state index contributed by atoms with van der Waals surface area (Å²) in [5.74, 6) is -0.435. The summed E-state index contributed by atoms with van der Waals surface area (Å²) in [6, 6.07) is 24.0. The number of hydrazone groups is 1. The number of carbonyl (C=O) groups is 2. The third-order valence-corrected chi connectivity index (χ3v) is 4.69. The van der Waals surface area contributed by atoms with Gasteiger partial charge in [-0.05, 0) is 29.8 Å². The first kappa shape index (κ1) is 18.6. The van der Waals surface area contributed by atoms with E-state index in [1.165, 1.54) is 5.01 Å². The fraction of sp³-hybridized carbons (Fsp3) is 0.130. The molecule has 2 amide bonds. The Labute approximate surface area is 168 Å². The quantitative estimate of drug-likeness (QED) is 0.732. The number of rotatable bonds is 5. The molecule has 2 aromatic carbocycles. The number of benzene rings is 2. The van der Waals surface area contributed by atoms with Crippen LogP contribution in [0.4, 0.5) is 5.69 Å². The molecule has 0 bridgehead atoms. The Morgan fingerprint density at radius 1 is 0.897 bits per heavy atom. The van der Waals surface area contributed by atoms with Crippen LogP contribution in [-0.4, -0.2) is 22.5 Å². The smallest absolute Gasteiger partial charge is 0.268 e. The van der Waals surface area contributed by atoms with Crippen molar-refractivity contribution in [3.05, 3.63) is 96.3 Å². The molecule has 3 aromatic rings. The Morgan fingerprint density at radius 3 is 2.28 bits per heavy atom. The highest BCUT2D eigenvalue weighted by Crippen LogP contribution is 2.22. The second-order valence-electron chi connectivity index (χ2n) is 6.66. The van der Waals surface area contributed by atoms with Gasteiger partial charge in [-0.15, -0.1) is 0 Å². The zero-order valence-corrected chi connectivity index (χ0v) is 15.7. The minimum atomic E-state index is -0.407. The number of anilines is 1. The van der Waals surface area contributed by atoms with E-state index in [4.69, 9.17) is 0 Å². The molecule has 6 heteroatoms. The standard InChI is InChI=1S/C23H20N4O2/c28-21-15-14-20(26-27(21)18-11-5-2-6-12-18)23(29)25-22(17-9-3-1-4-10-17)19-13-7-8-16-24-19/h1-13,16,22H,14-15H2,(H,25,29). The summed E-state index contributed by atoms with van der Waals surface area (Å²) in [7, 11) is 0. The molecule has 6 nitrogen and oxygen atoms in total. The van der Waals surface area contributed by atoms with Crippen molar-refractivity contribution in [3.8, 4) is 0 Å². The minimum Gasteiger partial charge on any atom is -0.338 e. The summed E-state index contributed by atoms with van der Waals surface area (Å²) >= 11 is 0. The van der Waals surface area contributed by atoms with Crippen molar-refractivity contribution in [2.75, 3.05) is 5.01 Å². The van der Waals surface area contributed by atoms with Crippen LogP contribution in [0.3, 0.4) is 0 Å². The summed E-state index contributed by atoms with van der Waals surface area (Å²) < 4.78 is 0. The highest BCUT2D eigenvalue weighted by Gasteiger charge is 2.27. The van der Waals surface area contributed by atoms with Crippen LogP contribution in [0, 0.1) is 0 Å². The first-order valence-electron chi connectivity index (χ1n) is 9.44. The van der Waals surface area contributed by atoms with Crippen molar-refractivity contribution in [2.24, 2.45) is 5.10 Å². The lowest BCUT2D eigenvalue weighted by Crippen LogP contribution is -2.40. The lowest BCUT2D eigenvalue weighted by Gasteiger charge is -2.24. The van der Waals surface area contributed by atoms with Gasteiger partial charge in [-0.3, -0.25) is 14.6 Å². The van der Waals surface area contributed by atoms with Gasteiger partial charge in [0.25, 0.3) is 5.91 Å². The molecule has 1 unspecified atom stereocenters. The summed E-state index contributed by atoms with van der Waals surface area (Å²) in [6.45, 7) is 0. The number of nitrogens with one attached hydrogen (secondary N) is 1. The Kier molecular flexibility index (Phi) is 5.42. The van der Waals surface area contributed by atoms with E-state index in [-0.39, 0.29) is 18.2 Å². The van der Waals surface area contributed by atoms with Crippen molar-refractivity contribution in [1.29, 1.82) is 0 Å². The Hall–Kier alpha value is -3.80. The SMILES string of the molecule is O=C(NC(c1ccccc1)c1ccccn1)C1=NN(c2ccccc2)C(=O)CC1. The van der Waals surface area contributed by atoms with E-state index in [9.17, 15) is 9.59 Å². The van der Waals surface area contributed by atoms with Crippen LogP contribution in [0.15, 0.2) is 90.2 Å². The van der Waals surface area contributed by atoms with Crippen LogP contribution in [-0.2, 0) is 9.59 Å². The monoisotopic (exact) mass is 384 g/mol. The lowest BCUT2D eigenvalue weighted by atomic mass is 10.0. The first-order chi connectivity index (χ1) is 14.2. The van der Waals surface area contributed by atoms with Crippen molar-refractivity contribution < 1.29 is 9.59 Å². The summed E-state index contributed by atoms with van der Waals surface area (Å²) in [6.07, 6.45) is 2.24. The number of nitrogens with zero attached hydrogens (tertiary/aromatic N) is 3. The largest absolute Gasteiger partial charge is 0.338 e. The fourth-order valence-electron chi connectivity index (χ4n) is 3.22. The maximum absolute atomic E-state index is 13.0.